The number of alkyl halides is 1. The molecule has 0 bridgehead atoms. The number of carbonyl (C=O) groups is 1. The zero-order valence-corrected chi connectivity index (χ0v) is 46.1. The molecule has 0 unspecified atom stereocenters. The monoisotopic (exact) mass is 1060 g/mol. The standard InChI is InChI=1S/C51H86FN5O15S/c1-15-40-51(9,63)45(59)32(5)56(11)27-29(2)24-49(7,62)41(23-39(31(4)47(61)71-40)70-42-25-50(8,67-13)46(60)33(6)69-42)72-48-43(58)37(22-30(3)68-48)55(10)21-20-35-28-57(54-53-35)38(26-52)44(66-12)34-16-18-36(19-17-34)73(14,64)65/h16-19,28-33,37-46,48,58-60,62-63H,15,20-27H2,1-14H3/t29-,30-,31-,32-,33+,37+,38-,39+,40-,41-,42+,43-,44-,45-,46+,48+,49-,50-,51-/m1/s1. The van der Waals surface area contributed by atoms with E-state index in [0.717, 1.165) is 6.26 Å². The minimum atomic E-state index is -3.44. The molecule has 0 saturated carbocycles. The lowest BCUT2D eigenvalue weighted by Gasteiger charge is -2.47. The number of benzene rings is 1. The summed E-state index contributed by atoms with van der Waals surface area (Å²) in [6.07, 6.45) is -7.36. The number of aliphatic hydroxyl groups is 5. The van der Waals surface area contributed by atoms with E-state index in [1.165, 1.54) is 38.0 Å². The van der Waals surface area contributed by atoms with Gasteiger partial charge < -0.3 is 68.5 Å². The van der Waals surface area contributed by atoms with E-state index in [1.54, 1.807) is 59.9 Å². The summed E-state index contributed by atoms with van der Waals surface area (Å²) in [6.45, 7) is 15.4. The molecule has 0 aliphatic carbocycles. The van der Waals surface area contributed by atoms with Crippen molar-refractivity contribution in [2.24, 2.45) is 11.8 Å². The van der Waals surface area contributed by atoms with Gasteiger partial charge in [0.1, 0.15) is 48.8 Å². The third-order valence-electron chi connectivity index (χ3n) is 15.8. The molecule has 4 heterocycles. The predicted octanol–water partition coefficient (Wildman–Crippen LogP) is 3.16. The molecule has 5 N–H and O–H groups in total. The van der Waals surface area contributed by atoms with Gasteiger partial charge in [0.25, 0.3) is 0 Å². The molecule has 3 saturated heterocycles. The van der Waals surface area contributed by atoms with Gasteiger partial charge in [0.2, 0.25) is 0 Å². The van der Waals surface area contributed by atoms with E-state index in [2.05, 4.69) is 10.3 Å². The molecule has 3 fully saturated rings. The van der Waals surface area contributed by atoms with Crippen molar-refractivity contribution in [2.45, 2.75) is 208 Å². The summed E-state index contributed by atoms with van der Waals surface area (Å²) in [5.74, 6) is -2.04. The third-order valence-corrected chi connectivity index (χ3v) is 16.9. The fraction of sp³-hybridized carbons (Fsp3) is 0.824. The van der Waals surface area contributed by atoms with Crippen molar-refractivity contribution >= 4 is 15.8 Å². The second-order valence-electron chi connectivity index (χ2n) is 21.9. The quantitative estimate of drug-likeness (QED) is 0.151. The number of sulfone groups is 1. The number of likely N-dealkylation sites (N-methyl/N-ethyl adjacent to an activating group) is 2. The van der Waals surface area contributed by atoms with Gasteiger partial charge in [0, 0.05) is 71.1 Å². The molecule has 19 atom stereocenters. The lowest BCUT2D eigenvalue weighted by molar-refractivity contribution is -0.308. The van der Waals surface area contributed by atoms with E-state index in [4.69, 9.17) is 33.2 Å². The Morgan fingerprint density at radius 2 is 1.63 bits per heavy atom. The van der Waals surface area contributed by atoms with Crippen LogP contribution in [0, 0.1) is 11.8 Å². The van der Waals surface area contributed by atoms with Gasteiger partial charge in [-0.05, 0) is 105 Å². The minimum Gasteiger partial charge on any atom is -0.459 e. The lowest BCUT2D eigenvalue weighted by atomic mass is 9.83. The van der Waals surface area contributed by atoms with Crippen molar-refractivity contribution in [2.75, 3.05) is 54.3 Å². The fourth-order valence-electron chi connectivity index (χ4n) is 10.8. The average Bonchev–Trinajstić information content (AvgIpc) is 3.80. The predicted molar refractivity (Wildman–Crippen MR) is 267 cm³/mol. The number of rotatable bonds is 16. The number of cyclic esters (lactones) is 1. The highest BCUT2D eigenvalue weighted by molar-refractivity contribution is 7.90. The molecular weight excluding hydrogens is 974 g/mol. The minimum absolute atomic E-state index is 0.0781. The highest BCUT2D eigenvalue weighted by Gasteiger charge is 2.51. The Balaban J connectivity index is 1.41. The van der Waals surface area contributed by atoms with Crippen LogP contribution in [0.2, 0.25) is 0 Å². The smallest absolute Gasteiger partial charge is 0.311 e. The molecular formula is C51H86FN5O15S. The first-order valence-electron chi connectivity index (χ1n) is 25.6. The van der Waals surface area contributed by atoms with Crippen LogP contribution < -0.4 is 0 Å². The number of methoxy groups -OCH3 is 2. The molecule has 0 amide bonds. The van der Waals surface area contributed by atoms with Crippen LogP contribution in [0.1, 0.15) is 118 Å². The second kappa shape index (κ2) is 25.1. The lowest BCUT2D eigenvalue weighted by Crippen LogP contribution is -2.59. The summed E-state index contributed by atoms with van der Waals surface area (Å²) in [7, 11) is 3.15. The zero-order valence-electron chi connectivity index (χ0n) is 45.3. The van der Waals surface area contributed by atoms with Crippen molar-refractivity contribution in [3.8, 4) is 0 Å². The number of hydrogen-bond acceptors (Lipinski definition) is 19. The first-order valence-corrected chi connectivity index (χ1v) is 27.5. The normalized spacial score (nSPS) is 38.8. The van der Waals surface area contributed by atoms with Gasteiger partial charge in [-0.1, -0.05) is 31.2 Å². The van der Waals surface area contributed by atoms with Crippen LogP contribution in [0.3, 0.4) is 0 Å². The molecule has 418 valence electrons. The van der Waals surface area contributed by atoms with E-state index in [1.807, 2.05) is 37.7 Å². The Hall–Kier alpha value is -2.81. The largest absolute Gasteiger partial charge is 0.459 e. The Bertz CT molecular complexity index is 2170. The maximum absolute atomic E-state index is 14.7. The number of hydrogen-bond donors (Lipinski definition) is 5. The third kappa shape index (κ3) is 14.6. The number of nitrogens with zero attached hydrogens (tertiary/aromatic N) is 5. The van der Waals surface area contributed by atoms with Gasteiger partial charge in [0.05, 0.1) is 52.1 Å². The highest BCUT2D eigenvalue weighted by atomic mass is 32.2. The van der Waals surface area contributed by atoms with Crippen LogP contribution >= 0.6 is 0 Å². The molecule has 3 aliphatic rings. The van der Waals surface area contributed by atoms with Crippen molar-refractivity contribution in [3.05, 3.63) is 41.7 Å². The van der Waals surface area contributed by atoms with Crippen molar-refractivity contribution in [1.29, 1.82) is 0 Å². The van der Waals surface area contributed by atoms with Gasteiger partial charge in [-0.3, -0.25) is 4.79 Å². The maximum Gasteiger partial charge on any atom is 0.311 e. The maximum atomic E-state index is 14.7. The molecule has 1 aromatic carbocycles. The molecule has 3 aliphatic heterocycles. The molecule has 2 aromatic rings. The Morgan fingerprint density at radius 1 is 0.973 bits per heavy atom. The van der Waals surface area contributed by atoms with E-state index < -0.39 is 131 Å². The highest BCUT2D eigenvalue weighted by Crippen LogP contribution is 2.39. The van der Waals surface area contributed by atoms with Crippen LogP contribution in [-0.4, -0.2) is 209 Å². The fourth-order valence-corrected chi connectivity index (χ4v) is 11.5. The first kappa shape index (κ1) is 61.0. The van der Waals surface area contributed by atoms with E-state index in [-0.39, 0.29) is 36.5 Å². The molecule has 20 nitrogen and oxygen atoms in total. The van der Waals surface area contributed by atoms with E-state index in [0.29, 0.717) is 37.2 Å². The molecule has 5 rings (SSSR count). The van der Waals surface area contributed by atoms with E-state index in [9.17, 15) is 43.1 Å². The summed E-state index contributed by atoms with van der Waals surface area (Å²) < 4.78 is 83.7. The average molecular weight is 1060 g/mol. The summed E-state index contributed by atoms with van der Waals surface area (Å²) >= 11 is 0. The van der Waals surface area contributed by atoms with Crippen LogP contribution in [0.15, 0.2) is 35.4 Å². The topological polar surface area (TPSA) is 254 Å². The Kier molecular flexibility index (Phi) is 21.0. The Labute approximate surface area is 431 Å². The number of aliphatic hydroxyl groups excluding tert-OH is 3. The van der Waals surface area contributed by atoms with Gasteiger partial charge in [0.15, 0.2) is 22.4 Å². The number of carbonyl (C=O) groups excluding carboxylic acids is 1. The number of ether oxygens (including phenoxy) is 7. The zero-order chi connectivity index (χ0) is 54.5. The van der Waals surface area contributed by atoms with Gasteiger partial charge in [-0.15, -0.1) is 5.10 Å². The van der Waals surface area contributed by atoms with Crippen molar-refractivity contribution in [3.63, 3.8) is 0 Å². The molecule has 73 heavy (non-hydrogen) atoms. The molecule has 1 aromatic heterocycles. The van der Waals surface area contributed by atoms with Crippen LogP contribution in [0.25, 0.3) is 0 Å². The van der Waals surface area contributed by atoms with Gasteiger partial charge >= 0.3 is 5.97 Å². The molecule has 22 heteroatoms. The SMILES string of the molecule is CC[C@H]1OC(=O)[C@H](C)[C@@H](O[C@H]2C[C@@](C)(OC)[C@@H](O)[C@H](C)O2)C[C@@H](O[C@@H]2O[C@H](C)C[C@H](N(C)CCc3cn([C@H](CF)[C@H](OC)c4ccc(S(C)(=O)=O)cc4)nn3)[C@H]2O)[C@](C)(O)C[C@@H](C)CN(C)[C@H](C)[C@@H](O)[C@]1(C)O. The van der Waals surface area contributed by atoms with Crippen LogP contribution in [0.4, 0.5) is 4.39 Å². The number of aromatic nitrogens is 3. The first-order chi connectivity index (χ1) is 34.0. The Morgan fingerprint density at radius 3 is 2.22 bits per heavy atom. The summed E-state index contributed by atoms with van der Waals surface area (Å²) in [5.41, 5.74) is -3.48. The summed E-state index contributed by atoms with van der Waals surface area (Å²) in [4.78, 5) is 18.3. The molecule has 0 radical (unpaired) electrons. The van der Waals surface area contributed by atoms with Gasteiger partial charge in [-0.25, -0.2) is 17.5 Å². The number of esters is 1. The van der Waals surface area contributed by atoms with E-state index >= 15 is 0 Å². The second-order valence-corrected chi connectivity index (χ2v) is 23.9. The van der Waals surface area contributed by atoms with Crippen molar-refractivity contribution < 1.29 is 76.3 Å². The van der Waals surface area contributed by atoms with Crippen LogP contribution in [0.5, 0.6) is 0 Å². The summed E-state index contributed by atoms with van der Waals surface area (Å²) in [5, 5.41) is 67.9. The van der Waals surface area contributed by atoms with Crippen LogP contribution in [-0.2, 0) is 54.2 Å². The molecule has 0 spiro atoms. The number of halogens is 1. The van der Waals surface area contributed by atoms with Crippen molar-refractivity contribution in [1.82, 2.24) is 24.8 Å². The van der Waals surface area contributed by atoms with Gasteiger partial charge in [-0.2, -0.15) is 0 Å². The summed E-state index contributed by atoms with van der Waals surface area (Å²) in [6, 6.07) is 4.06.